The van der Waals surface area contributed by atoms with Crippen molar-refractivity contribution in [3.05, 3.63) is 24.0 Å². The van der Waals surface area contributed by atoms with Crippen LogP contribution in [0.3, 0.4) is 0 Å². The fourth-order valence-electron chi connectivity index (χ4n) is 2.23. The Bertz CT molecular complexity index is 501. The normalized spacial score (nSPS) is 13.2. The average molecular weight is 232 g/mol. The highest BCUT2D eigenvalue weighted by Crippen LogP contribution is 2.25. The molecule has 0 fully saturated rings. The number of hydrogen-bond acceptors (Lipinski definition) is 3. The van der Waals surface area contributed by atoms with Crippen molar-refractivity contribution in [2.45, 2.75) is 19.4 Å². The molecule has 2 aromatic heterocycles. The Morgan fingerprint density at radius 3 is 2.76 bits per heavy atom. The van der Waals surface area contributed by atoms with Gasteiger partial charge in [0.15, 0.2) is 0 Å². The predicted molar refractivity (Wildman–Crippen MR) is 72.4 cm³/mol. The highest BCUT2D eigenvalue weighted by molar-refractivity contribution is 5.81. The van der Waals surface area contributed by atoms with Gasteiger partial charge in [-0.1, -0.05) is 6.92 Å². The molecule has 0 bridgehead atoms. The molecule has 2 N–H and O–H groups in total. The van der Waals surface area contributed by atoms with Crippen LogP contribution >= 0.6 is 0 Å². The summed E-state index contributed by atoms with van der Waals surface area (Å²) in [6, 6.07) is 4.66. The van der Waals surface area contributed by atoms with Crippen LogP contribution in [0.4, 0.5) is 5.82 Å². The first-order valence-electron chi connectivity index (χ1n) is 5.98. The second-order valence-electron chi connectivity index (χ2n) is 4.52. The number of rotatable bonds is 4. The second-order valence-corrected chi connectivity index (χ2v) is 4.52. The Kier molecular flexibility index (Phi) is 3.33. The van der Waals surface area contributed by atoms with E-state index in [0.717, 1.165) is 17.8 Å². The first-order valence-corrected chi connectivity index (χ1v) is 5.98. The number of hydrogen-bond donors (Lipinski definition) is 2. The molecule has 4 heteroatoms. The van der Waals surface area contributed by atoms with Crippen LogP contribution in [0.1, 0.15) is 25.1 Å². The van der Waals surface area contributed by atoms with Gasteiger partial charge in [-0.2, -0.15) is 0 Å². The number of pyridine rings is 1. The largest absolute Gasteiger partial charge is 0.373 e. The molecule has 2 rings (SSSR count). The molecule has 0 aliphatic carbocycles. The smallest absolute Gasteiger partial charge is 0.127 e. The van der Waals surface area contributed by atoms with Crippen LogP contribution in [0.25, 0.3) is 10.9 Å². The van der Waals surface area contributed by atoms with E-state index in [0.29, 0.717) is 6.04 Å². The first kappa shape index (κ1) is 11.9. The average Bonchev–Trinajstić information content (AvgIpc) is 2.71. The van der Waals surface area contributed by atoms with Crippen LogP contribution < -0.4 is 5.32 Å². The number of aromatic nitrogens is 2. The summed E-state index contributed by atoms with van der Waals surface area (Å²) in [5.41, 5.74) is 2.39. The lowest BCUT2D eigenvalue weighted by molar-refractivity contribution is 0.287. The predicted octanol–water partition coefficient (Wildman–Crippen LogP) is 2.62. The second kappa shape index (κ2) is 4.75. The zero-order valence-corrected chi connectivity index (χ0v) is 10.9. The monoisotopic (exact) mass is 232 g/mol. The molecule has 0 spiro atoms. The minimum atomic E-state index is 0.431. The minimum Gasteiger partial charge on any atom is -0.373 e. The fraction of sp³-hybridized carbons (Fsp3) is 0.462. The van der Waals surface area contributed by atoms with E-state index < -0.39 is 0 Å². The minimum absolute atomic E-state index is 0.431. The van der Waals surface area contributed by atoms with Crippen molar-refractivity contribution in [3.8, 4) is 0 Å². The van der Waals surface area contributed by atoms with E-state index in [1.54, 1.807) is 0 Å². The maximum Gasteiger partial charge on any atom is 0.127 e. The molecule has 2 aromatic rings. The zero-order chi connectivity index (χ0) is 12.4. The number of H-pyrrole nitrogens is 1. The van der Waals surface area contributed by atoms with Gasteiger partial charge in [-0.15, -0.1) is 0 Å². The van der Waals surface area contributed by atoms with E-state index in [4.69, 9.17) is 0 Å². The number of aromatic amines is 1. The molecular weight excluding hydrogens is 212 g/mol. The van der Waals surface area contributed by atoms with Crippen molar-refractivity contribution in [2.75, 3.05) is 26.5 Å². The van der Waals surface area contributed by atoms with Gasteiger partial charge in [0.1, 0.15) is 5.82 Å². The quantitative estimate of drug-likeness (QED) is 0.851. The fourth-order valence-corrected chi connectivity index (χ4v) is 2.23. The topological polar surface area (TPSA) is 44.0 Å². The first-order chi connectivity index (χ1) is 8.15. The molecule has 92 valence electrons. The third-order valence-electron chi connectivity index (χ3n) is 3.15. The summed E-state index contributed by atoms with van der Waals surface area (Å²) in [7, 11) is 6.10. The SMILES string of the molecule is CCC(c1cc2cnc(NC)cc2[nH]1)N(C)C. The molecule has 0 radical (unpaired) electrons. The van der Waals surface area contributed by atoms with Crippen LogP contribution in [0.5, 0.6) is 0 Å². The van der Waals surface area contributed by atoms with Crippen molar-refractivity contribution in [1.29, 1.82) is 0 Å². The number of fused-ring (bicyclic) bond motifs is 1. The van der Waals surface area contributed by atoms with Crippen LogP contribution in [-0.4, -0.2) is 36.0 Å². The Balaban J connectivity index is 2.43. The summed E-state index contributed by atoms with van der Waals surface area (Å²) in [4.78, 5) is 10.0. The summed E-state index contributed by atoms with van der Waals surface area (Å²) in [5, 5.41) is 4.22. The number of anilines is 1. The molecular formula is C13H20N4. The van der Waals surface area contributed by atoms with Gasteiger partial charge in [-0.25, -0.2) is 4.98 Å². The Morgan fingerprint density at radius 2 is 2.18 bits per heavy atom. The molecule has 1 atom stereocenters. The van der Waals surface area contributed by atoms with Gasteiger partial charge < -0.3 is 15.2 Å². The molecule has 0 amide bonds. The van der Waals surface area contributed by atoms with E-state index in [1.165, 1.54) is 11.1 Å². The van der Waals surface area contributed by atoms with E-state index in [-0.39, 0.29) is 0 Å². The third kappa shape index (κ3) is 2.26. The van der Waals surface area contributed by atoms with Crippen LogP contribution in [0.2, 0.25) is 0 Å². The highest BCUT2D eigenvalue weighted by atomic mass is 15.1. The standard InChI is InChI=1S/C13H20N4/c1-5-12(17(3)4)11-6-9-8-15-13(14-2)7-10(9)16-11/h6-8,12,16H,5H2,1-4H3,(H,14,15). The molecule has 0 aliphatic heterocycles. The summed E-state index contributed by atoms with van der Waals surface area (Å²) < 4.78 is 0. The van der Waals surface area contributed by atoms with Crippen molar-refractivity contribution in [3.63, 3.8) is 0 Å². The van der Waals surface area contributed by atoms with E-state index in [1.807, 2.05) is 19.3 Å². The van der Waals surface area contributed by atoms with Gasteiger partial charge in [0.05, 0.1) is 5.52 Å². The maximum absolute atomic E-state index is 4.32. The molecule has 0 aromatic carbocycles. The lowest BCUT2D eigenvalue weighted by Crippen LogP contribution is -2.19. The number of nitrogens with one attached hydrogen (secondary N) is 2. The molecule has 1 unspecified atom stereocenters. The van der Waals surface area contributed by atoms with Crippen molar-refractivity contribution < 1.29 is 0 Å². The number of nitrogens with zero attached hydrogens (tertiary/aromatic N) is 2. The van der Waals surface area contributed by atoms with Gasteiger partial charge in [0.25, 0.3) is 0 Å². The van der Waals surface area contributed by atoms with Crippen molar-refractivity contribution in [2.24, 2.45) is 0 Å². The van der Waals surface area contributed by atoms with E-state index in [2.05, 4.69) is 47.3 Å². The molecule has 0 aliphatic rings. The molecule has 2 heterocycles. The van der Waals surface area contributed by atoms with Gasteiger partial charge in [-0.05, 0) is 26.6 Å². The molecule has 4 nitrogen and oxygen atoms in total. The summed E-state index contributed by atoms with van der Waals surface area (Å²) >= 11 is 0. The molecule has 17 heavy (non-hydrogen) atoms. The maximum atomic E-state index is 4.32. The Hall–Kier alpha value is -1.55. The Morgan fingerprint density at radius 1 is 1.41 bits per heavy atom. The van der Waals surface area contributed by atoms with Crippen LogP contribution in [-0.2, 0) is 0 Å². The van der Waals surface area contributed by atoms with Gasteiger partial charge >= 0.3 is 0 Å². The summed E-state index contributed by atoms with van der Waals surface area (Å²) in [5.74, 6) is 0.892. The lowest BCUT2D eigenvalue weighted by Gasteiger charge is -2.21. The van der Waals surface area contributed by atoms with E-state index in [9.17, 15) is 0 Å². The van der Waals surface area contributed by atoms with Gasteiger partial charge in [0.2, 0.25) is 0 Å². The summed E-state index contributed by atoms with van der Waals surface area (Å²) in [6.07, 6.45) is 3.00. The zero-order valence-electron chi connectivity index (χ0n) is 10.9. The van der Waals surface area contributed by atoms with Crippen LogP contribution in [0, 0.1) is 0 Å². The highest BCUT2D eigenvalue weighted by Gasteiger charge is 2.14. The van der Waals surface area contributed by atoms with Gasteiger partial charge in [-0.3, -0.25) is 0 Å². The van der Waals surface area contributed by atoms with Gasteiger partial charge in [0, 0.05) is 36.4 Å². The van der Waals surface area contributed by atoms with Crippen LogP contribution in [0.15, 0.2) is 18.3 Å². The Labute approximate surface area is 102 Å². The molecule has 0 saturated carbocycles. The molecule has 0 saturated heterocycles. The van der Waals surface area contributed by atoms with Crippen molar-refractivity contribution in [1.82, 2.24) is 14.9 Å². The third-order valence-corrected chi connectivity index (χ3v) is 3.15. The summed E-state index contributed by atoms with van der Waals surface area (Å²) in [6.45, 7) is 2.20. The van der Waals surface area contributed by atoms with E-state index >= 15 is 0 Å². The van der Waals surface area contributed by atoms with Crippen molar-refractivity contribution >= 4 is 16.7 Å². The lowest BCUT2D eigenvalue weighted by atomic mass is 10.1.